The van der Waals surface area contributed by atoms with Crippen LogP contribution in [0.5, 0.6) is 0 Å². The van der Waals surface area contributed by atoms with E-state index in [1.54, 1.807) is 0 Å². The van der Waals surface area contributed by atoms with E-state index in [1.807, 2.05) is 74.8 Å². The average molecular weight is 573 g/mol. The van der Waals surface area contributed by atoms with E-state index in [2.05, 4.69) is 78.4 Å². The predicted octanol–water partition coefficient (Wildman–Crippen LogP) is 8.50. The summed E-state index contributed by atoms with van der Waals surface area (Å²) < 4.78 is 12.0. The molecule has 6 heterocycles. The van der Waals surface area contributed by atoms with E-state index in [-0.39, 0.29) is 0 Å². The van der Waals surface area contributed by atoms with Gasteiger partial charge >= 0.3 is 0 Å². The van der Waals surface area contributed by atoms with Crippen molar-refractivity contribution in [2.24, 2.45) is 0 Å². The van der Waals surface area contributed by atoms with Crippen LogP contribution in [0.1, 0.15) is 11.4 Å². The Kier molecular flexibility index (Phi) is 6.04. The third-order valence-corrected chi connectivity index (χ3v) is 7.48. The summed E-state index contributed by atoms with van der Waals surface area (Å²) in [7, 11) is 0. The molecule has 0 unspecified atom stereocenters. The zero-order valence-electron chi connectivity index (χ0n) is 23.9. The molecule has 0 radical (unpaired) electrons. The van der Waals surface area contributed by atoms with Gasteiger partial charge in [-0.05, 0) is 72.5 Å². The fraction of sp³-hybridized carbons (Fsp3) is 0.0556. The zero-order chi connectivity index (χ0) is 29.6. The Hall–Kier alpha value is -6.02. The molecule has 0 N–H and O–H groups in total. The fourth-order valence-corrected chi connectivity index (χ4v) is 5.21. The van der Waals surface area contributed by atoms with Crippen molar-refractivity contribution in [2.45, 2.75) is 13.8 Å². The summed E-state index contributed by atoms with van der Waals surface area (Å²) in [5.41, 5.74) is 11.8. The Labute approximate surface area is 252 Å². The first-order valence-electron chi connectivity index (χ1n) is 14.2. The summed E-state index contributed by atoms with van der Waals surface area (Å²) in [5.74, 6) is 0.931. The fourth-order valence-electron chi connectivity index (χ4n) is 5.21. The summed E-state index contributed by atoms with van der Waals surface area (Å²) in [5, 5.41) is 0. The Morgan fingerprint density at radius 1 is 0.432 bits per heavy atom. The minimum Gasteiger partial charge on any atom is -0.433 e. The Morgan fingerprint density at radius 3 is 1.20 bits per heavy atom. The molecule has 8 aromatic rings. The third-order valence-electron chi connectivity index (χ3n) is 7.48. The molecule has 0 spiro atoms. The van der Waals surface area contributed by atoms with Crippen LogP contribution in [0.4, 0.5) is 0 Å². The summed E-state index contributed by atoms with van der Waals surface area (Å²) in [6, 6.07) is 32.3. The topological polar surface area (TPSA) is 104 Å². The van der Waals surface area contributed by atoms with Crippen molar-refractivity contribution in [3.8, 4) is 56.6 Å². The molecule has 8 nitrogen and oxygen atoms in total. The lowest BCUT2D eigenvalue weighted by Gasteiger charge is -2.07. The number of pyridine rings is 4. The molecule has 0 aliphatic carbocycles. The Balaban J connectivity index is 1.02. The number of fused-ring (bicyclic) bond motifs is 2. The highest BCUT2D eigenvalue weighted by atomic mass is 16.4. The smallest absolute Gasteiger partial charge is 0.247 e. The van der Waals surface area contributed by atoms with E-state index in [9.17, 15) is 0 Å². The van der Waals surface area contributed by atoms with Gasteiger partial charge in [-0.1, -0.05) is 60.7 Å². The predicted molar refractivity (Wildman–Crippen MR) is 169 cm³/mol. The van der Waals surface area contributed by atoms with Crippen molar-refractivity contribution in [3.63, 3.8) is 0 Å². The van der Waals surface area contributed by atoms with Gasteiger partial charge in [0.2, 0.25) is 11.8 Å². The first kappa shape index (κ1) is 25.7. The van der Waals surface area contributed by atoms with Crippen molar-refractivity contribution >= 4 is 22.5 Å². The molecule has 210 valence electrons. The third kappa shape index (κ3) is 4.78. The lowest BCUT2D eigenvalue weighted by atomic mass is 9.99. The van der Waals surface area contributed by atoms with Crippen LogP contribution in [-0.4, -0.2) is 29.9 Å². The van der Waals surface area contributed by atoms with Gasteiger partial charge in [0.25, 0.3) is 0 Å². The summed E-state index contributed by atoms with van der Waals surface area (Å²) in [6.45, 7) is 3.88. The first-order valence-corrected chi connectivity index (χ1v) is 14.2. The Bertz CT molecular complexity index is 2140. The molecule has 0 aliphatic rings. The second kappa shape index (κ2) is 10.4. The molecule has 0 amide bonds. The van der Waals surface area contributed by atoms with Crippen molar-refractivity contribution in [2.75, 3.05) is 0 Å². The summed E-state index contributed by atoms with van der Waals surface area (Å²) in [4.78, 5) is 27.1. The number of hydrogen-bond acceptors (Lipinski definition) is 8. The van der Waals surface area contributed by atoms with Gasteiger partial charge in [0.1, 0.15) is 11.4 Å². The maximum atomic E-state index is 6.01. The molecule has 2 aromatic carbocycles. The van der Waals surface area contributed by atoms with Gasteiger partial charge < -0.3 is 8.83 Å². The van der Waals surface area contributed by atoms with E-state index in [4.69, 9.17) is 8.83 Å². The maximum Gasteiger partial charge on any atom is 0.247 e. The van der Waals surface area contributed by atoms with Crippen LogP contribution >= 0.6 is 0 Å². The van der Waals surface area contributed by atoms with Crippen LogP contribution in [0.15, 0.2) is 118 Å². The van der Waals surface area contributed by atoms with Crippen molar-refractivity contribution in [3.05, 3.63) is 121 Å². The normalized spacial score (nSPS) is 11.4. The molecular formula is C36H24N6O2. The second-order valence-corrected chi connectivity index (χ2v) is 10.6. The SMILES string of the molecule is Cc1cccc(-c2nc3ncc(-c4ccc(-c5ccc(-c6cnc7nc(-c8cccc(C)n8)oc7c6)cc5)cc4)cc3o2)n1. The van der Waals surface area contributed by atoms with Crippen LogP contribution in [0.25, 0.3) is 79.0 Å². The number of aryl methyl sites for hydroxylation is 2. The average Bonchev–Trinajstić information content (AvgIpc) is 3.69. The van der Waals surface area contributed by atoms with Crippen LogP contribution in [0, 0.1) is 13.8 Å². The van der Waals surface area contributed by atoms with Crippen molar-refractivity contribution < 1.29 is 8.83 Å². The van der Waals surface area contributed by atoms with Crippen LogP contribution in [0.2, 0.25) is 0 Å². The van der Waals surface area contributed by atoms with Crippen LogP contribution in [-0.2, 0) is 0 Å². The maximum absolute atomic E-state index is 6.01. The molecular weight excluding hydrogens is 548 g/mol. The number of nitrogens with zero attached hydrogens (tertiary/aromatic N) is 6. The van der Waals surface area contributed by atoms with E-state index in [0.717, 1.165) is 44.8 Å². The van der Waals surface area contributed by atoms with E-state index >= 15 is 0 Å². The van der Waals surface area contributed by atoms with Crippen molar-refractivity contribution in [1.82, 2.24) is 29.9 Å². The minimum atomic E-state index is 0.466. The number of benzene rings is 2. The summed E-state index contributed by atoms with van der Waals surface area (Å²) >= 11 is 0. The van der Waals surface area contributed by atoms with Gasteiger partial charge in [-0.25, -0.2) is 19.9 Å². The van der Waals surface area contributed by atoms with Gasteiger partial charge in [-0.3, -0.25) is 0 Å². The highest BCUT2D eigenvalue weighted by Crippen LogP contribution is 2.31. The Morgan fingerprint density at radius 2 is 0.818 bits per heavy atom. The lowest BCUT2D eigenvalue weighted by molar-refractivity contribution is 0.616. The molecule has 8 rings (SSSR count). The molecule has 0 atom stereocenters. The van der Waals surface area contributed by atoms with Crippen molar-refractivity contribution in [1.29, 1.82) is 0 Å². The molecule has 0 aliphatic heterocycles. The molecule has 8 heteroatoms. The molecule has 6 aromatic heterocycles. The quantitative estimate of drug-likeness (QED) is 0.202. The first-order chi connectivity index (χ1) is 21.6. The van der Waals surface area contributed by atoms with Crippen LogP contribution < -0.4 is 0 Å². The highest BCUT2D eigenvalue weighted by molar-refractivity contribution is 5.81. The highest BCUT2D eigenvalue weighted by Gasteiger charge is 2.14. The molecule has 0 fully saturated rings. The largest absolute Gasteiger partial charge is 0.433 e. The number of rotatable bonds is 5. The monoisotopic (exact) mass is 572 g/mol. The van der Waals surface area contributed by atoms with E-state index in [0.29, 0.717) is 45.6 Å². The minimum absolute atomic E-state index is 0.466. The van der Waals surface area contributed by atoms with Gasteiger partial charge in [-0.2, -0.15) is 9.97 Å². The standard InChI is InChI=1S/C36H24N6O2/c1-21-5-3-7-29(39-21)35-41-33-31(43-35)17-27(19-37-33)25-13-9-23(10-14-25)24-11-15-26(16-12-24)28-18-32-34(38-20-28)42-36(44-32)30-8-4-6-22(2)40-30/h3-20H,1-2H3. The van der Waals surface area contributed by atoms with Gasteiger partial charge in [0, 0.05) is 34.9 Å². The number of hydrogen-bond donors (Lipinski definition) is 0. The van der Waals surface area contributed by atoms with E-state index in [1.165, 1.54) is 0 Å². The number of oxazole rings is 2. The molecule has 0 saturated carbocycles. The molecule has 44 heavy (non-hydrogen) atoms. The zero-order valence-corrected chi connectivity index (χ0v) is 23.9. The van der Waals surface area contributed by atoms with Crippen LogP contribution in [0.3, 0.4) is 0 Å². The number of aromatic nitrogens is 6. The molecule has 0 saturated heterocycles. The van der Waals surface area contributed by atoms with Gasteiger partial charge in [0.15, 0.2) is 22.5 Å². The summed E-state index contributed by atoms with van der Waals surface area (Å²) in [6.07, 6.45) is 3.64. The van der Waals surface area contributed by atoms with E-state index < -0.39 is 0 Å². The van der Waals surface area contributed by atoms with Gasteiger partial charge in [0.05, 0.1) is 0 Å². The van der Waals surface area contributed by atoms with Gasteiger partial charge in [-0.15, -0.1) is 0 Å². The molecule has 0 bridgehead atoms. The lowest BCUT2D eigenvalue weighted by Crippen LogP contribution is -1.86. The second-order valence-electron chi connectivity index (χ2n) is 10.6.